The standard InChI is InChI=1S/C24H31N5O2/c1-2-3-7-18-10-12-20(13-11-18)24(30)25-16-17-31-22-15-14-21-26-27-23(29(21)28-22)19-8-5-4-6-9-19/h4-6,8-9,14-15,18,20H,2-3,7,10-13,16-17H2,1H3,(H,25,30). The molecule has 1 aromatic carbocycles. The lowest BCUT2D eigenvalue weighted by Crippen LogP contribution is -2.35. The average Bonchev–Trinajstić information content (AvgIpc) is 3.24. The first-order valence-electron chi connectivity index (χ1n) is 11.4. The summed E-state index contributed by atoms with van der Waals surface area (Å²) in [6.45, 7) is 3.09. The average molecular weight is 422 g/mol. The summed E-state index contributed by atoms with van der Waals surface area (Å²) in [5, 5.41) is 15.9. The lowest BCUT2D eigenvalue weighted by Gasteiger charge is -2.27. The zero-order valence-electron chi connectivity index (χ0n) is 18.2. The highest BCUT2D eigenvalue weighted by Crippen LogP contribution is 2.31. The van der Waals surface area contributed by atoms with Gasteiger partial charge in [-0.15, -0.1) is 15.3 Å². The van der Waals surface area contributed by atoms with Crippen molar-refractivity contribution in [2.45, 2.75) is 51.9 Å². The normalized spacial score (nSPS) is 18.7. The van der Waals surface area contributed by atoms with Gasteiger partial charge >= 0.3 is 0 Å². The van der Waals surface area contributed by atoms with Crippen LogP contribution in [0.5, 0.6) is 5.88 Å². The van der Waals surface area contributed by atoms with Crippen molar-refractivity contribution in [3.05, 3.63) is 42.5 Å². The quantitative estimate of drug-likeness (QED) is 0.522. The number of carbonyl (C=O) groups is 1. The summed E-state index contributed by atoms with van der Waals surface area (Å²) in [5.41, 5.74) is 1.60. The van der Waals surface area contributed by atoms with Crippen LogP contribution in [0.15, 0.2) is 42.5 Å². The van der Waals surface area contributed by atoms with E-state index in [-0.39, 0.29) is 11.8 Å². The summed E-state index contributed by atoms with van der Waals surface area (Å²) in [4.78, 5) is 12.5. The molecule has 0 atom stereocenters. The van der Waals surface area contributed by atoms with Crippen molar-refractivity contribution in [3.63, 3.8) is 0 Å². The molecule has 1 saturated carbocycles. The lowest BCUT2D eigenvalue weighted by atomic mass is 9.79. The van der Waals surface area contributed by atoms with Gasteiger partial charge in [-0.3, -0.25) is 4.79 Å². The van der Waals surface area contributed by atoms with Gasteiger partial charge in [-0.1, -0.05) is 56.5 Å². The highest BCUT2D eigenvalue weighted by Gasteiger charge is 2.25. The van der Waals surface area contributed by atoms with E-state index in [1.54, 1.807) is 10.6 Å². The number of ether oxygens (including phenoxy) is 1. The largest absolute Gasteiger partial charge is 0.475 e. The molecule has 1 aliphatic rings. The number of amides is 1. The molecule has 0 saturated heterocycles. The van der Waals surface area contributed by atoms with Crippen molar-refractivity contribution < 1.29 is 9.53 Å². The van der Waals surface area contributed by atoms with Crippen LogP contribution in [0, 0.1) is 11.8 Å². The van der Waals surface area contributed by atoms with Crippen molar-refractivity contribution in [1.29, 1.82) is 0 Å². The summed E-state index contributed by atoms with van der Waals surface area (Å²) in [6.07, 6.45) is 8.26. The molecule has 0 radical (unpaired) electrons. The van der Waals surface area contributed by atoms with Crippen molar-refractivity contribution >= 4 is 11.6 Å². The number of carbonyl (C=O) groups excluding carboxylic acids is 1. The first kappa shape index (κ1) is 21.3. The minimum absolute atomic E-state index is 0.151. The zero-order valence-corrected chi connectivity index (χ0v) is 18.2. The lowest BCUT2D eigenvalue weighted by molar-refractivity contribution is -0.126. The Morgan fingerprint density at radius 3 is 2.68 bits per heavy atom. The van der Waals surface area contributed by atoms with Gasteiger partial charge in [0.1, 0.15) is 6.61 Å². The number of rotatable bonds is 9. The Labute approximate surface area is 183 Å². The predicted octanol–water partition coefficient (Wildman–Crippen LogP) is 4.28. The monoisotopic (exact) mass is 421 g/mol. The van der Waals surface area contributed by atoms with Crippen LogP contribution in [0.25, 0.3) is 17.0 Å². The van der Waals surface area contributed by atoms with Crippen molar-refractivity contribution in [3.8, 4) is 17.3 Å². The molecule has 1 amide bonds. The predicted molar refractivity (Wildman–Crippen MR) is 120 cm³/mol. The Kier molecular flexibility index (Phi) is 7.12. The van der Waals surface area contributed by atoms with Gasteiger partial charge in [-0.2, -0.15) is 4.52 Å². The molecular formula is C24H31N5O2. The molecule has 2 aromatic heterocycles. The Hall–Kier alpha value is -2.96. The Balaban J connectivity index is 1.25. The summed E-state index contributed by atoms with van der Waals surface area (Å²) in [5.74, 6) is 2.27. The van der Waals surface area contributed by atoms with Gasteiger partial charge in [0.2, 0.25) is 11.8 Å². The number of fused-ring (bicyclic) bond motifs is 1. The van der Waals surface area contributed by atoms with Crippen LogP contribution in [0.4, 0.5) is 0 Å². The van der Waals surface area contributed by atoms with Crippen LogP contribution < -0.4 is 10.1 Å². The number of benzene rings is 1. The maximum Gasteiger partial charge on any atom is 0.231 e. The third kappa shape index (κ3) is 5.40. The first-order chi connectivity index (χ1) is 15.2. The second kappa shape index (κ2) is 10.4. The summed E-state index contributed by atoms with van der Waals surface area (Å²) in [7, 11) is 0. The molecule has 164 valence electrons. The molecule has 4 rings (SSSR count). The molecule has 1 N–H and O–H groups in total. The molecule has 31 heavy (non-hydrogen) atoms. The van der Waals surface area contributed by atoms with E-state index in [9.17, 15) is 4.79 Å². The molecule has 0 spiro atoms. The van der Waals surface area contributed by atoms with Crippen LogP contribution in [0.1, 0.15) is 51.9 Å². The van der Waals surface area contributed by atoms with Crippen molar-refractivity contribution in [2.75, 3.05) is 13.2 Å². The number of nitrogens with zero attached hydrogens (tertiary/aromatic N) is 4. The molecule has 1 aliphatic carbocycles. The van der Waals surface area contributed by atoms with Crippen LogP contribution in [0.3, 0.4) is 0 Å². The third-order valence-electron chi connectivity index (χ3n) is 6.11. The van der Waals surface area contributed by atoms with Crippen molar-refractivity contribution in [2.24, 2.45) is 11.8 Å². The molecule has 3 aromatic rings. The fourth-order valence-electron chi connectivity index (χ4n) is 4.30. The Morgan fingerprint density at radius 2 is 1.90 bits per heavy atom. The topological polar surface area (TPSA) is 81.4 Å². The first-order valence-corrected chi connectivity index (χ1v) is 11.4. The summed E-state index contributed by atoms with van der Waals surface area (Å²) >= 11 is 0. The van der Waals surface area contributed by atoms with E-state index >= 15 is 0 Å². The molecule has 1 fully saturated rings. The van der Waals surface area contributed by atoms with E-state index in [0.29, 0.717) is 30.5 Å². The zero-order chi connectivity index (χ0) is 21.5. The van der Waals surface area contributed by atoms with Gasteiger partial charge in [0.25, 0.3) is 0 Å². The van der Waals surface area contributed by atoms with Crippen LogP contribution in [0.2, 0.25) is 0 Å². The molecule has 7 nitrogen and oxygen atoms in total. The summed E-state index contributed by atoms with van der Waals surface area (Å²) < 4.78 is 7.45. The number of aromatic nitrogens is 4. The van der Waals surface area contributed by atoms with Gasteiger partial charge in [-0.05, 0) is 37.7 Å². The van der Waals surface area contributed by atoms with E-state index < -0.39 is 0 Å². The maximum absolute atomic E-state index is 12.5. The highest BCUT2D eigenvalue weighted by molar-refractivity contribution is 5.78. The smallest absolute Gasteiger partial charge is 0.231 e. The fourth-order valence-corrected chi connectivity index (χ4v) is 4.30. The van der Waals surface area contributed by atoms with Gasteiger partial charge in [0.15, 0.2) is 11.5 Å². The van der Waals surface area contributed by atoms with Gasteiger partial charge in [-0.25, -0.2) is 0 Å². The Morgan fingerprint density at radius 1 is 1.10 bits per heavy atom. The number of unbranched alkanes of at least 4 members (excludes halogenated alkanes) is 1. The van der Waals surface area contributed by atoms with E-state index in [4.69, 9.17) is 4.74 Å². The molecular weight excluding hydrogens is 390 g/mol. The Bertz CT molecular complexity index is 980. The SMILES string of the molecule is CCCCC1CCC(C(=O)NCCOc2ccc3nnc(-c4ccccc4)n3n2)CC1. The number of nitrogens with one attached hydrogen (secondary N) is 1. The molecule has 7 heteroatoms. The molecule has 0 bridgehead atoms. The van der Waals surface area contributed by atoms with E-state index in [1.807, 2.05) is 36.4 Å². The fraction of sp³-hybridized carbons (Fsp3) is 0.500. The molecule has 2 heterocycles. The van der Waals surface area contributed by atoms with Gasteiger partial charge < -0.3 is 10.1 Å². The van der Waals surface area contributed by atoms with Crippen LogP contribution in [-0.4, -0.2) is 38.9 Å². The highest BCUT2D eigenvalue weighted by atomic mass is 16.5. The third-order valence-corrected chi connectivity index (χ3v) is 6.11. The van der Waals surface area contributed by atoms with E-state index in [2.05, 4.69) is 27.5 Å². The van der Waals surface area contributed by atoms with Gasteiger partial charge in [0, 0.05) is 17.5 Å². The molecule has 0 aliphatic heterocycles. The number of hydrogen-bond acceptors (Lipinski definition) is 5. The van der Waals surface area contributed by atoms with Crippen LogP contribution >= 0.6 is 0 Å². The maximum atomic E-state index is 12.5. The molecule has 0 unspecified atom stereocenters. The van der Waals surface area contributed by atoms with Crippen molar-refractivity contribution in [1.82, 2.24) is 25.1 Å². The number of hydrogen-bond donors (Lipinski definition) is 1. The van der Waals surface area contributed by atoms with E-state index in [0.717, 1.165) is 24.3 Å². The van der Waals surface area contributed by atoms with Crippen LogP contribution in [-0.2, 0) is 4.79 Å². The van der Waals surface area contributed by atoms with Gasteiger partial charge in [0.05, 0.1) is 6.54 Å². The summed E-state index contributed by atoms with van der Waals surface area (Å²) in [6, 6.07) is 13.4. The van der Waals surface area contributed by atoms with E-state index in [1.165, 1.54) is 32.1 Å². The second-order valence-corrected chi connectivity index (χ2v) is 8.33. The second-order valence-electron chi connectivity index (χ2n) is 8.33. The minimum atomic E-state index is 0.151. The minimum Gasteiger partial charge on any atom is -0.475 e.